The topological polar surface area (TPSA) is 55.4 Å². The number of anilines is 1. The molecule has 0 unspecified atom stereocenters. The maximum absolute atomic E-state index is 12.0. The normalized spacial score (nSPS) is 18.8. The minimum atomic E-state index is -0.477. The smallest absolute Gasteiger partial charge is 0.306 e. The number of amides is 1. The van der Waals surface area contributed by atoms with Crippen LogP contribution in [0.2, 0.25) is 0 Å². The molecule has 4 heteroatoms. The zero-order chi connectivity index (χ0) is 14.8. The Labute approximate surface area is 119 Å². The van der Waals surface area contributed by atoms with Crippen LogP contribution < -0.4 is 5.32 Å². The van der Waals surface area contributed by atoms with Crippen molar-refractivity contribution in [2.75, 3.05) is 5.32 Å². The summed E-state index contributed by atoms with van der Waals surface area (Å²) in [6, 6.07) is 7.66. The number of ether oxygens (including phenoxy) is 1. The monoisotopic (exact) mass is 275 g/mol. The van der Waals surface area contributed by atoms with Crippen molar-refractivity contribution >= 4 is 17.6 Å². The van der Waals surface area contributed by atoms with E-state index in [0.717, 1.165) is 11.3 Å². The Morgan fingerprint density at radius 2 is 2.05 bits per heavy atom. The molecule has 1 aliphatic heterocycles. The van der Waals surface area contributed by atoms with Gasteiger partial charge in [0.05, 0.1) is 6.42 Å². The second kappa shape index (κ2) is 5.65. The van der Waals surface area contributed by atoms with Crippen LogP contribution in [-0.2, 0) is 14.3 Å². The van der Waals surface area contributed by atoms with E-state index in [-0.39, 0.29) is 17.8 Å². The summed E-state index contributed by atoms with van der Waals surface area (Å²) in [5.74, 6) is -0.184. The largest absolute Gasteiger partial charge is 0.460 e. The van der Waals surface area contributed by atoms with E-state index in [4.69, 9.17) is 4.74 Å². The first-order valence-electron chi connectivity index (χ1n) is 6.96. The Kier molecular flexibility index (Phi) is 4.12. The van der Waals surface area contributed by atoms with Gasteiger partial charge in [0.15, 0.2) is 0 Å². The first-order chi connectivity index (χ1) is 9.35. The molecule has 1 atom stereocenters. The molecule has 1 amide bonds. The first kappa shape index (κ1) is 14.6. The molecule has 1 heterocycles. The molecule has 108 valence electrons. The van der Waals surface area contributed by atoms with Gasteiger partial charge in [0.1, 0.15) is 5.60 Å². The van der Waals surface area contributed by atoms with Crippen LogP contribution in [0.1, 0.15) is 51.5 Å². The second-order valence-corrected chi connectivity index (χ2v) is 6.16. The maximum atomic E-state index is 12.0. The molecule has 1 aliphatic rings. The Balaban J connectivity index is 2.16. The number of nitrogens with one attached hydrogen (secondary N) is 1. The number of esters is 1. The number of rotatable bonds is 2. The van der Waals surface area contributed by atoms with E-state index < -0.39 is 5.60 Å². The molecule has 0 bridgehead atoms. The fourth-order valence-corrected chi connectivity index (χ4v) is 2.44. The minimum Gasteiger partial charge on any atom is -0.460 e. The average molecular weight is 275 g/mol. The highest BCUT2D eigenvalue weighted by Gasteiger charge is 2.26. The van der Waals surface area contributed by atoms with E-state index >= 15 is 0 Å². The fourth-order valence-electron chi connectivity index (χ4n) is 2.44. The molecular weight excluding hydrogens is 254 g/mol. The molecule has 4 nitrogen and oxygen atoms in total. The van der Waals surface area contributed by atoms with Gasteiger partial charge < -0.3 is 10.1 Å². The van der Waals surface area contributed by atoms with Gasteiger partial charge in [-0.15, -0.1) is 0 Å². The standard InChI is InChI=1S/C16H21NO3/c1-16(2,3)20-15(19)10-11-8-9-14(18)17-13-7-5-4-6-12(11)13/h4-7,11H,8-10H2,1-3H3,(H,17,18)/t11-/m0/s1. The number of benzene rings is 1. The number of carbonyl (C=O) groups excluding carboxylic acids is 2. The van der Waals surface area contributed by atoms with Crippen LogP contribution in [0, 0.1) is 0 Å². The van der Waals surface area contributed by atoms with Crippen LogP contribution in [0.4, 0.5) is 5.69 Å². The van der Waals surface area contributed by atoms with Gasteiger partial charge in [0, 0.05) is 12.1 Å². The Bertz CT molecular complexity index is 517. The van der Waals surface area contributed by atoms with Crippen molar-refractivity contribution in [3.05, 3.63) is 29.8 Å². The van der Waals surface area contributed by atoms with Crippen LogP contribution in [0.15, 0.2) is 24.3 Å². The lowest BCUT2D eigenvalue weighted by Crippen LogP contribution is -2.25. The molecule has 0 fully saturated rings. The summed E-state index contributed by atoms with van der Waals surface area (Å²) in [4.78, 5) is 23.7. The Morgan fingerprint density at radius 1 is 1.35 bits per heavy atom. The van der Waals surface area contributed by atoms with Crippen LogP contribution in [0.25, 0.3) is 0 Å². The molecule has 0 saturated heterocycles. The van der Waals surface area contributed by atoms with Gasteiger partial charge in [-0.1, -0.05) is 18.2 Å². The summed E-state index contributed by atoms with van der Waals surface area (Å²) in [6.45, 7) is 5.57. The zero-order valence-corrected chi connectivity index (χ0v) is 12.2. The third-order valence-corrected chi connectivity index (χ3v) is 3.23. The van der Waals surface area contributed by atoms with E-state index in [1.165, 1.54) is 0 Å². The van der Waals surface area contributed by atoms with E-state index in [2.05, 4.69) is 5.32 Å². The molecule has 0 saturated carbocycles. The highest BCUT2D eigenvalue weighted by molar-refractivity contribution is 5.92. The Morgan fingerprint density at radius 3 is 2.75 bits per heavy atom. The summed E-state index contributed by atoms with van der Waals surface area (Å²) in [7, 11) is 0. The summed E-state index contributed by atoms with van der Waals surface area (Å²) < 4.78 is 5.38. The van der Waals surface area contributed by atoms with E-state index in [1.807, 2.05) is 45.0 Å². The van der Waals surface area contributed by atoms with Gasteiger partial charge in [-0.25, -0.2) is 0 Å². The predicted molar refractivity (Wildman–Crippen MR) is 77.5 cm³/mol. The van der Waals surface area contributed by atoms with Crippen molar-refractivity contribution in [3.8, 4) is 0 Å². The van der Waals surface area contributed by atoms with Crippen molar-refractivity contribution < 1.29 is 14.3 Å². The van der Waals surface area contributed by atoms with Gasteiger partial charge in [0.2, 0.25) is 5.91 Å². The summed E-state index contributed by atoms with van der Waals surface area (Å²) >= 11 is 0. The lowest BCUT2D eigenvalue weighted by Gasteiger charge is -2.22. The van der Waals surface area contributed by atoms with Gasteiger partial charge in [-0.3, -0.25) is 9.59 Å². The molecule has 2 rings (SSSR count). The van der Waals surface area contributed by atoms with Crippen LogP contribution >= 0.6 is 0 Å². The van der Waals surface area contributed by atoms with Crippen LogP contribution in [0.3, 0.4) is 0 Å². The molecule has 0 radical (unpaired) electrons. The van der Waals surface area contributed by atoms with Gasteiger partial charge in [-0.05, 0) is 44.7 Å². The third-order valence-electron chi connectivity index (χ3n) is 3.23. The number of carbonyl (C=O) groups is 2. The van der Waals surface area contributed by atoms with Crippen molar-refractivity contribution in [1.82, 2.24) is 0 Å². The van der Waals surface area contributed by atoms with Crippen molar-refractivity contribution in [1.29, 1.82) is 0 Å². The number of fused-ring (bicyclic) bond motifs is 1. The minimum absolute atomic E-state index is 0.00383. The van der Waals surface area contributed by atoms with Crippen molar-refractivity contribution in [3.63, 3.8) is 0 Å². The third kappa shape index (κ3) is 3.83. The molecule has 1 aromatic rings. The highest BCUT2D eigenvalue weighted by atomic mass is 16.6. The lowest BCUT2D eigenvalue weighted by molar-refractivity contribution is -0.155. The van der Waals surface area contributed by atoms with Crippen molar-refractivity contribution in [2.24, 2.45) is 0 Å². The molecule has 1 aromatic carbocycles. The number of para-hydroxylation sites is 1. The Hall–Kier alpha value is -1.84. The molecule has 20 heavy (non-hydrogen) atoms. The van der Waals surface area contributed by atoms with Crippen LogP contribution in [0.5, 0.6) is 0 Å². The van der Waals surface area contributed by atoms with Crippen molar-refractivity contribution in [2.45, 2.75) is 51.6 Å². The molecule has 0 aromatic heterocycles. The summed E-state index contributed by atoms with van der Waals surface area (Å²) in [5.41, 5.74) is 1.35. The van der Waals surface area contributed by atoms with E-state index in [0.29, 0.717) is 19.3 Å². The van der Waals surface area contributed by atoms with Gasteiger partial charge in [-0.2, -0.15) is 0 Å². The lowest BCUT2D eigenvalue weighted by atomic mass is 9.91. The fraction of sp³-hybridized carbons (Fsp3) is 0.500. The number of hydrogen-bond acceptors (Lipinski definition) is 3. The summed E-state index contributed by atoms with van der Waals surface area (Å²) in [5, 5.41) is 2.88. The molecule has 0 aliphatic carbocycles. The predicted octanol–water partition coefficient (Wildman–Crippen LogP) is 3.23. The molecule has 1 N–H and O–H groups in total. The van der Waals surface area contributed by atoms with Gasteiger partial charge in [0.25, 0.3) is 0 Å². The number of hydrogen-bond donors (Lipinski definition) is 1. The summed E-state index contributed by atoms with van der Waals surface area (Å²) in [6.07, 6.45) is 1.41. The molecular formula is C16H21NO3. The van der Waals surface area contributed by atoms with E-state index in [9.17, 15) is 9.59 Å². The quantitative estimate of drug-likeness (QED) is 0.843. The zero-order valence-electron chi connectivity index (χ0n) is 12.2. The highest BCUT2D eigenvalue weighted by Crippen LogP contribution is 2.34. The first-order valence-corrected chi connectivity index (χ1v) is 6.96. The van der Waals surface area contributed by atoms with E-state index in [1.54, 1.807) is 0 Å². The van der Waals surface area contributed by atoms with Gasteiger partial charge >= 0.3 is 5.97 Å². The molecule has 0 spiro atoms. The van der Waals surface area contributed by atoms with Crippen LogP contribution in [-0.4, -0.2) is 17.5 Å². The SMILES string of the molecule is CC(C)(C)OC(=O)C[C@@H]1CCC(=O)Nc2ccccc21. The maximum Gasteiger partial charge on any atom is 0.306 e. The second-order valence-electron chi connectivity index (χ2n) is 6.16. The average Bonchev–Trinajstić information content (AvgIpc) is 2.47.